The minimum atomic E-state index is -1.31. The SMILES string of the molecule is COc1ccc(-c2ccc(CO/C(NN)=C(/N)C(=O)O)cc2)cc1. The van der Waals surface area contributed by atoms with Crippen molar-refractivity contribution in [1.82, 2.24) is 5.43 Å². The van der Waals surface area contributed by atoms with Crippen molar-refractivity contribution in [2.45, 2.75) is 6.61 Å². The Morgan fingerprint density at radius 1 is 1.08 bits per heavy atom. The Balaban J connectivity index is 2.06. The molecule has 0 aliphatic carbocycles. The lowest BCUT2D eigenvalue weighted by Crippen LogP contribution is -2.29. The van der Waals surface area contributed by atoms with Gasteiger partial charge in [-0.25, -0.2) is 10.6 Å². The van der Waals surface area contributed by atoms with Crippen LogP contribution in [0.5, 0.6) is 5.75 Å². The quantitative estimate of drug-likeness (QED) is 0.263. The molecule has 0 unspecified atom stereocenters. The molecule has 0 spiro atoms. The number of benzene rings is 2. The Hall–Kier alpha value is -3.19. The second-order valence-electron chi connectivity index (χ2n) is 4.91. The van der Waals surface area contributed by atoms with E-state index in [2.05, 4.69) is 5.43 Å². The molecule has 2 aromatic rings. The summed E-state index contributed by atoms with van der Waals surface area (Å²) in [6.07, 6.45) is 0. The molecular formula is C17H19N3O4. The first-order chi connectivity index (χ1) is 11.5. The van der Waals surface area contributed by atoms with E-state index in [9.17, 15) is 4.79 Å². The largest absolute Gasteiger partial charge is 0.497 e. The van der Waals surface area contributed by atoms with E-state index < -0.39 is 11.7 Å². The molecule has 0 aliphatic rings. The molecule has 24 heavy (non-hydrogen) atoms. The maximum absolute atomic E-state index is 10.8. The van der Waals surface area contributed by atoms with Crippen molar-refractivity contribution >= 4 is 5.97 Å². The number of aliphatic carboxylic acids is 1. The minimum Gasteiger partial charge on any atom is -0.497 e. The van der Waals surface area contributed by atoms with Crippen LogP contribution in [0.15, 0.2) is 60.1 Å². The third kappa shape index (κ3) is 4.17. The number of methoxy groups -OCH3 is 1. The van der Waals surface area contributed by atoms with Crippen LogP contribution >= 0.6 is 0 Å². The van der Waals surface area contributed by atoms with Gasteiger partial charge in [-0.05, 0) is 28.8 Å². The van der Waals surface area contributed by atoms with Gasteiger partial charge in [0.05, 0.1) is 7.11 Å². The van der Waals surface area contributed by atoms with E-state index >= 15 is 0 Å². The van der Waals surface area contributed by atoms with Gasteiger partial charge in [0.15, 0.2) is 5.70 Å². The molecule has 0 bridgehead atoms. The molecule has 0 saturated carbocycles. The van der Waals surface area contributed by atoms with Crippen LogP contribution < -0.4 is 21.7 Å². The highest BCUT2D eigenvalue weighted by Gasteiger charge is 2.11. The summed E-state index contributed by atoms with van der Waals surface area (Å²) in [6, 6.07) is 15.4. The number of ether oxygens (including phenoxy) is 2. The Kier molecular flexibility index (Phi) is 5.64. The normalized spacial score (nSPS) is 11.4. The standard InChI is InChI=1S/C17H19N3O4/c1-23-14-8-6-13(7-9-14)12-4-2-11(3-5-12)10-24-16(20-19)15(18)17(21)22/h2-9,20H,10,18-19H2,1H3,(H,21,22)/b16-15+. The van der Waals surface area contributed by atoms with Crippen LogP contribution in [0.1, 0.15) is 5.56 Å². The smallest absolute Gasteiger partial charge is 0.357 e. The zero-order valence-corrected chi connectivity index (χ0v) is 13.2. The van der Waals surface area contributed by atoms with E-state index in [-0.39, 0.29) is 12.5 Å². The summed E-state index contributed by atoms with van der Waals surface area (Å²) < 4.78 is 10.4. The predicted molar refractivity (Wildman–Crippen MR) is 89.4 cm³/mol. The number of hydrogen-bond acceptors (Lipinski definition) is 6. The number of nitrogens with two attached hydrogens (primary N) is 2. The summed E-state index contributed by atoms with van der Waals surface area (Å²) in [7, 11) is 1.62. The maximum atomic E-state index is 10.8. The van der Waals surface area contributed by atoms with Crippen LogP contribution in [-0.2, 0) is 16.1 Å². The Bertz CT molecular complexity index is 725. The van der Waals surface area contributed by atoms with E-state index in [0.29, 0.717) is 0 Å². The Labute approximate surface area is 139 Å². The van der Waals surface area contributed by atoms with Gasteiger partial charge >= 0.3 is 5.97 Å². The van der Waals surface area contributed by atoms with Crippen LogP contribution in [0.25, 0.3) is 11.1 Å². The molecule has 7 nitrogen and oxygen atoms in total. The summed E-state index contributed by atoms with van der Waals surface area (Å²) in [4.78, 5) is 10.8. The highest BCUT2D eigenvalue weighted by atomic mass is 16.5. The van der Waals surface area contributed by atoms with Crippen molar-refractivity contribution in [3.63, 3.8) is 0 Å². The second-order valence-corrected chi connectivity index (χ2v) is 4.91. The number of nitrogens with one attached hydrogen (secondary N) is 1. The van der Waals surface area contributed by atoms with Crippen LogP contribution in [0, 0.1) is 0 Å². The monoisotopic (exact) mass is 329 g/mol. The Morgan fingerprint density at radius 3 is 2.08 bits per heavy atom. The summed E-state index contributed by atoms with van der Waals surface area (Å²) in [6.45, 7) is 0.135. The first kappa shape index (κ1) is 17.2. The fourth-order valence-corrected chi connectivity index (χ4v) is 2.03. The van der Waals surface area contributed by atoms with E-state index in [0.717, 1.165) is 22.4 Å². The van der Waals surface area contributed by atoms with Crippen molar-refractivity contribution in [2.24, 2.45) is 11.6 Å². The van der Waals surface area contributed by atoms with Gasteiger partial charge < -0.3 is 20.3 Å². The lowest BCUT2D eigenvalue weighted by molar-refractivity contribution is -0.133. The predicted octanol–water partition coefficient (Wildman–Crippen LogP) is 1.55. The molecule has 0 radical (unpaired) electrons. The van der Waals surface area contributed by atoms with E-state index in [4.69, 9.17) is 26.2 Å². The number of carboxylic acids is 1. The number of carboxylic acid groups (broad SMARTS) is 1. The third-order valence-electron chi connectivity index (χ3n) is 3.37. The summed E-state index contributed by atoms with van der Waals surface area (Å²) in [5, 5.41) is 8.81. The van der Waals surface area contributed by atoms with Gasteiger partial charge in [0, 0.05) is 0 Å². The topological polar surface area (TPSA) is 120 Å². The van der Waals surface area contributed by atoms with Crippen molar-refractivity contribution in [1.29, 1.82) is 0 Å². The number of rotatable bonds is 7. The van der Waals surface area contributed by atoms with E-state index in [1.165, 1.54) is 0 Å². The molecule has 0 saturated heterocycles. The molecule has 0 aliphatic heterocycles. The van der Waals surface area contributed by atoms with Gasteiger partial charge in [0.25, 0.3) is 0 Å². The molecule has 0 amide bonds. The number of carbonyl (C=O) groups is 1. The molecular weight excluding hydrogens is 310 g/mol. The molecule has 6 N–H and O–H groups in total. The van der Waals surface area contributed by atoms with Crippen LogP contribution in [0.4, 0.5) is 0 Å². The minimum absolute atomic E-state index is 0.135. The fraction of sp³-hybridized carbons (Fsp3) is 0.118. The van der Waals surface area contributed by atoms with E-state index in [1.807, 2.05) is 48.5 Å². The fourth-order valence-electron chi connectivity index (χ4n) is 2.03. The lowest BCUT2D eigenvalue weighted by atomic mass is 10.0. The van der Waals surface area contributed by atoms with Gasteiger partial charge in [0.2, 0.25) is 5.88 Å². The molecule has 7 heteroatoms. The van der Waals surface area contributed by atoms with Gasteiger partial charge in [-0.3, -0.25) is 5.43 Å². The van der Waals surface area contributed by atoms with Crippen molar-refractivity contribution in [2.75, 3.05) is 7.11 Å². The third-order valence-corrected chi connectivity index (χ3v) is 3.37. The Morgan fingerprint density at radius 2 is 1.62 bits per heavy atom. The first-order valence-electron chi connectivity index (χ1n) is 7.11. The second kappa shape index (κ2) is 7.89. The van der Waals surface area contributed by atoms with Crippen LogP contribution in [-0.4, -0.2) is 18.2 Å². The zero-order valence-electron chi connectivity index (χ0n) is 13.2. The zero-order chi connectivity index (χ0) is 17.5. The van der Waals surface area contributed by atoms with E-state index in [1.54, 1.807) is 7.11 Å². The number of hydrogen-bond donors (Lipinski definition) is 4. The molecule has 126 valence electrons. The van der Waals surface area contributed by atoms with Gasteiger partial charge in [-0.1, -0.05) is 36.4 Å². The number of hydrazine groups is 1. The molecule has 0 heterocycles. The van der Waals surface area contributed by atoms with Gasteiger partial charge in [-0.15, -0.1) is 0 Å². The average Bonchev–Trinajstić information content (AvgIpc) is 2.62. The molecule has 0 fully saturated rings. The average molecular weight is 329 g/mol. The maximum Gasteiger partial charge on any atom is 0.357 e. The van der Waals surface area contributed by atoms with Gasteiger partial charge in [-0.2, -0.15) is 0 Å². The summed E-state index contributed by atoms with van der Waals surface area (Å²) in [5.41, 5.74) is 9.97. The lowest BCUT2D eigenvalue weighted by Gasteiger charge is -2.11. The highest BCUT2D eigenvalue weighted by molar-refractivity contribution is 5.85. The molecule has 0 atom stereocenters. The van der Waals surface area contributed by atoms with Crippen LogP contribution in [0.2, 0.25) is 0 Å². The van der Waals surface area contributed by atoms with Crippen molar-refractivity contribution in [3.05, 3.63) is 65.7 Å². The van der Waals surface area contributed by atoms with Crippen molar-refractivity contribution < 1.29 is 19.4 Å². The van der Waals surface area contributed by atoms with Crippen molar-refractivity contribution in [3.8, 4) is 16.9 Å². The summed E-state index contributed by atoms with van der Waals surface area (Å²) >= 11 is 0. The molecule has 0 aromatic heterocycles. The van der Waals surface area contributed by atoms with Gasteiger partial charge in [0.1, 0.15) is 12.4 Å². The highest BCUT2D eigenvalue weighted by Crippen LogP contribution is 2.23. The summed E-state index contributed by atoms with van der Waals surface area (Å²) in [5.74, 6) is 4.53. The van der Waals surface area contributed by atoms with Crippen LogP contribution in [0.3, 0.4) is 0 Å². The molecule has 2 rings (SSSR count). The first-order valence-corrected chi connectivity index (χ1v) is 7.11. The molecule has 2 aromatic carbocycles.